The molecule has 3 heteroatoms. The van der Waals surface area contributed by atoms with Gasteiger partial charge in [0, 0.05) is 12.6 Å². The molecule has 0 amide bonds. The summed E-state index contributed by atoms with van der Waals surface area (Å²) in [5.74, 6) is 3.79. The predicted molar refractivity (Wildman–Crippen MR) is 89.8 cm³/mol. The molecule has 0 saturated heterocycles. The molecule has 4 aliphatic carbocycles. The topological polar surface area (TPSA) is 24.1 Å². The Morgan fingerprint density at radius 1 is 0.952 bits per heavy atom. The second-order valence-electron chi connectivity index (χ2n) is 7.27. The first-order chi connectivity index (χ1) is 10.3. The monoisotopic (exact) mass is 300 g/mol. The summed E-state index contributed by atoms with van der Waals surface area (Å²) in [7, 11) is 0. The minimum absolute atomic E-state index is 0.633. The molecule has 0 spiro atoms. The summed E-state index contributed by atoms with van der Waals surface area (Å²) in [6, 6.07) is 11.1. The number of thiocarbonyl (C=S) groups is 1. The summed E-state index contributed by atoms with van der Waals surface area (Å²) < 4.78 is 0. The van der Waals surface area contributed by atoms with Crippen LogP contribution in [-0.2, 0) is 6.54 Å². The van der Waals surface area contributed by atoms with Crippen molar-refractivity contribution in [2.24, 2.45) is 23.7 Å². The largest absolute Gasteiger partial charge is 0.359 e. The average molecular weight is 300 g/mol. The molecule has 0 aliphatic heterocycles. The van der Waals surface area contributed by atoms with Crippen molar-refractivity contribution < 1.29 is 0 Å². The van der Waals surface area contributed by atoms with E-state index in [0.717, 1.165) is 35.3 Å². The van der Waals surface area contributed by atoms with E-state index in [2.05, 4.69) is 41.0 Å². The van der Waals surface area contributed by atoms with E-state index in [1.54, 1.807) is 0 Å². The van der Waals surface area contributed by atoms with Crippen LogP contribution in [0.25, 0.3) is 0 Å². The van der Waals surface area contributed by atoms with Crippen molar-refractivity contribution in [1.29, 1.82) is 0 Å². The SMILES string of the molecule is S=C(NCc1ccccc1)NC1C2CC3CC(C2)CC1C3. The van der Waals surface area contributed by atoms with E-state index in [-0.39, 0.29) is 0 Å². The Hall–Kier alpha value is -1.09. The summed E-state index contributed by atoms with van der Waals surface area (Å²) in [4.78, 5) is 0. The first kappa shape index (κ1) is 13.6. The van der Waals surface area contributed by atoms with Crippen molar-refractivity contribution in [3.05, 3.63) is 35.9 Å². The second-order valence-corrected chi connectivity index (χ2v) is 7.68. The van der Waals surface area contributed by atoms with Gasteiger partial charge in [0.15, 0.2) is 5.11 Å². The van der Waals surface area contributed by atoms with Gasteiger partial charge in [-0.25, -0.2) is 0 Å². The van der Waals surface area contributed by atoms with Gasteiger partial charge in [0.05, 0.1) is 0 Å². The highest BCUT2D eigenvalue weighted by atomic mass is 32.1. The fourth-order valence-electron chi connectivity index (χ4n) is 5.14. The lowest BCUT2D eigenvalue weighted by Crippen LogP contribution is -2.57. The Labute approximate surface area is 132 Å². The molecule has 1 aromatic carbocycles. The van der Waals surface area contributed by atoms with Crippen molar-refractivity contribution in [2.75, 3.05) is 0 Å². The van der Waals surface area contributed by atoms with Gasteiger partial charge in [-0.05, 0) is 73.6 Å². The molecule has 4 saturated carbocycles. The maximum atomic E-state index is 5.53. The molecule has 2 nitrogen and oxygen atoms in total. The van der Waals surface area contributed by atoms with Gasteiger partial charge in [0.25, 0.3) is 0 Å². The van der Waals surface area contributed by atoms with Crippen LogP contribution in [0.1, 0.15) is 37.7 Å². The fourth-order valence-corrected chi connectivity index (χ4v) is 5.35. The normalized spacial score (nSPS) is 36.5. The summed E-state index contributed by atoms with van der Waals surface area (Å²) in [5.41, 5.74) is 1.28. The number of hydrogen-bond donors (Lipinski definition) is 2. The highest BCUT2D eigenvalue weighted by Crippen LogP contribution is 2.53. The average Bonchev–Trinajstić information content (AvgIpc) is 2.49. The Kier molecular flexibility index (Phi) is 3.62. The Bertz CT molecular complexity index is 485. The van der Waals surface area contributed by atoms with Crippen molar-refractivity contribution in [2.45, 2.75) is 44.7 Å². The maximum absolute atomic E-state index is 5.53. The lowest BCUT2D eigenvalue weighted by atomic mass is 9.54. The molecule has 5 rings (SSSR count). The third-order valence-corrected chi connectivity index (χ3v) is 6.08. The van der Waals surface area contributed by atoms with Crippen LogP contribution in [0.4, 0.5) is 0 Å². The Morgan fingerprint density at radius 3 is 2.19 bits per heavy atom. The van der Waals surface area contributed by atoms with Crippen molar-refractivity contribution >= 4 is 17.3 Å². The standard InChI is InChI=1S/C18H24N2S/c21-18(19-11-12-4-2-1-3-5-12)20-17-15-7-13-6-14(9-15)10-16(17)8-13/h1-5,13-17H,6-11H2,(H2,19,20,21). The first-order valence-electron chi connectivity index (χ1n) is 8.36. The van der Waals surface area contributed by atoms with E-state index >= 15 is 0 Å². The zero-order valence-corrected chi connectivity index (χ0v) is 13.2. The highest BCUT2D eigenvalue weighted by Gasteiger charge is 2.48. The zero-order chi connectivity index (χ0) is 14.2. The van der Waals surface area contributed by atoms with Crippen LogP contribution < -0.4 is 10.6 Å². The lowest BCUT2D eigenvalue weighted by Gasteiger charge is -2.54. The predicted octanol–water partition coefficient (Wildman–Crippen LogP) is 3.48. The van der Waals surface area contributed by atoms with Gasteiger partial charge in [0.2, 0.25) is 0 Å². The molecular formula is C18H24N2S. The van der Waals surface area contributed by atoms with Crippen LogP contribution in [0.5, 0.6) is 0 Å². The fraction of sp³-hybridized carbons (Fsp3) is 0.611. The van der Waals surface area contributed by atoms with Gasteiger partial charge in [-0.3, -0.25) is 0 Å². The van der Waals surface area contributed by atoms with Crippen molar-refractivity contribution in [3.63, 3.8) is 0 Å². The van der Waals surface area contributed by atoms with Gasteiger partial charge < -0.3 is 10.6 Å². The van der Waals surface area contributed by atoms with E-state index in [0.29, 0.717) is 6.04 Å². The van der Waals surface area contributed by atoms with Crippen LogP contribution in [0.15, 0.2) is 30.3 Å². The van der Waals surface area contributed by atoms with E-state index in [1.165, 1.54) is 37.7 Å². The molecule has 0 unspecified atom stereocenters. The molecule has 112 valence electrons. The molecule has 2 N–H and O–H groups in total. The maximum Gasteiger partial charge on any atom is 0.166 e. The quantitative estimate of drug-likeness (QED) is 0.836. The lowest BCUT2D eigenvalue weighted by molar-refractivity contribution is -0.00694. The molecule has 4 fully saturated rings. The van der Waals surface area contributed by atoms with Crippen LogP contribution in [0.3, 0.4) is 0 Å². The molecule has 4 aliphatic rings. The third-order valence-electron chi connectivity index (χ3n) is 5.82. The van der Waals surface area contributed by atoms with Gasteiger partial charge in [0.1, 0.15) is 0 Å². The zero-order valence-electron chi connectivity index (χ0n) is 12.4. The molecule has 0 radical (unpaired) electrons. The van der Waals surface area contributed by atoms with Crippen LogP contribution >= 0.6 is 12.2 Å². The molecular weight excluding hydrogens is 276 g/mol. The van der Waals surface area contributed by atoms with Crippen molar-refractivity contribution in [3.8, 4) is 0 Å². The molecule has 4 bridgehead atoms. The van der Waals surface area contributed by atoms with Crippen LogP contribution in [0.2, 0.25) is 0 Å². The minimum Gasteiger partial charge on any atom is -0.359 e. The van der Waals surface area contributed by atoms with E-state index in [4.69, 9.17) is 12.2 Å². The number of rotatable bonds is 3. The smallest absolute Gasteiger partial charge is 0.166 e. The van der Waals surface area contributed by atoms with E-state index in [9.17, 15) is 0 Å². The highest BCUT2D eigenvalue weighted by molar-refractivity contribution is 7.80. The number of benzene rings is 1. The molecule has 1 aromatic rings. The van der Waals surface area contributed by atoms with E-state index < -0.39 is 0 Å². The van der Waals surface area contributed by atoms with Crippen LogP contribution in [0, 0.1) is 23.7 Å². The first-order valence-corrected chi connectivity index (χ1v) is 8.77. The molecule has 0 atom stereocenters. The van der Waals surface area contributed by atoms with Gasteiger partial charge >= 0.3 is 0 Å². The molecule has 0 aromatic heterocycles. The second kappa shape index (κ2) is 5.60. The van der Waals surface area contributed by atoms with E-state index in [1.807, 2.05) is 0 Å². The van der Waals surface area contributed by atoms with Gasteiger partial charge in [-0.1, -0.05) is 30.3 Å². The summed E-state index contributed by atoms with van der Waals surface area (Å²) in [5, 5.41) is 7.87. The summed E-state index contributed by atoms with van der Waals surface area (Å²) >= 11 is 5.53. The summed E-state index contributed by atoms with van der Waals surface area (Å²) in [6.45, 7) is 0.819. The third kappa shape index (κ3) is 2.80. The summed E-state index contributed by atoms with van der Waals surface area (Å²) in [6.07, 6.45) is 7.26. The van der Waals surface area contributed by atoms with Crippen molar-refractivity contribution in [1.82, 2.24) is 10.6 Å². The molecule has 0 heterocycles. The molecule has 21 heavy (non-hydrogen) atoms. The van der Waals surface area contributed by atoms with Gasteiger partial charge in [-0.15, -0.1) is 0 Å². The number of hydrogen-bond acceptors (Lipinski definition) is 1. The Morgan fingerprint density at radius 2 is 1.57 bits per heavy atom. The minimum atomic E-state index is 0.633. The number of nitrogens with one attached hydrogen (secondary N) is 2. The van der Waals surface area contributed by atoms with Gasteiger partial charge in [-0.2, -0.15) is 0 Å². The van der Waals surface area contributed by atoms with Crippen LogP contribution in [-0.4, -0.2) is 11.2 Å². The Balaban J connectivity index is 1.33.